The summed E-state index contributed by atoms with van der Waals surface area (Å²) in [6.45, 7) is 7.05. The summed E-state index contributed by atoms with van der Waals surface area (Å²) < 4.78 is 12.0. The number of ketones is 1. The summed E-state index contributed by atoms with van der Waals surface area (Å²) in [4.78, 5) is 28.5. The SMILES string of the molecule is Cc1ccc(CSc2nnc(N3C(=O)C(=O)C(=C(O)c4ccc5c(c4)OCCO5)[C@@H]3c3ccc(C(C)C)cc3)s2)cc1. The average molecular weight is 600 g/mol. The highest BCUT2D eigenvalue weighted by molar-refractivity contribution is 8.00. The Morgan fingerprint density at radius 3 is 2.43 bits per heavy atom. The van der Waals surface area contributed by atoms with Crippen molar-refractivity contribution in [1.29, 1.82) is 0 Å². The number of carbonyl (C=O) groups excluding carboxylic acids is 2. The van der Waals surface area contributed by atoms with Crippen molar-refractivity contribution in [3.63, 3.8) is 0 Å². The first kappa shape index (κ1) is 28.0. The molecular formula is C32H29N3O5S2. The molecule has 42 heavy (non-hydrogen) atoms. The van der Waals surface area contributed by atoms with Crippen LogP contribution in [0.15, 0.2) is 76.6 Å². The zero-order valence-corrected chi connectivity index (χ0v) is 25.0. The number of fused-ring (bicyclic) bond motifs is 1. The minimum Gasteiger partial charge on any atom is -0.507 e. The van der Waals surface area contributed by atoms with E-state index in [1.54, 1.807) is 18.2 Å². The number of thioether (sulfide) groups is 1. The number of ether oxygens (including phenoxy) is 2. The van der Waals surface area contributed by atoms with E-state index in [4.69, 9.17) is 9.47 Å². The highest BCUT2D eigenvalue weighted by Crippen LogP contribution is 2.45. The second kappa shape index (κ2) is 11.6. The largest absolute Gasteiger partial charge is 0.507 e. The number of Topliss-reactive ketones (excluding diaryl/α,β-unsaturated/α-hetero) is 1. The number of aliphatic hydroxyl groups excluding tert-OH is 1. The maximum absolute atomic E-state index is 13.6. The molecule has 3 heterocycles. The van der Waals surface area contributed by atoms with Crippen LogP contribution in [0.4, 0.5) is 5.13 Å². The quantitative estimate of drug-likeness (QED) is 0.0828. The number of hydrogen-bond donors (Lipinski definition) is 1. The molecule has 0 radical (unpaired) electrons. The molecule has 0 saturated carbocycles. The molecule has 3 aromatic carbocycles. The first-order valence-corrected chi connectivity index (χ1v) is 15.4. The van der Waals surface area contributed by atoms with Gasteiger partial charge in [0.2, 0.25) is 5.13 Å². The molecular weight excluding hydrogens is 571 g/mol. The first-order chi connectivity index (χ1) is 20.3. The molecule has 0 spiro atoms. The van der Waals surface area contributed by atoms with Gasteiger partial charge in [0.05, 0.1) is 11.6 Å². The average Bonchev–Trinajstić information content (AvgIpc) is 3.58. The molecule has 1 saturated heterocycles. The molecule has 1 fully saturated rings. The minimum atomic E-state index is -0.887. The summed E-state index contributed by atoms with van der Waals surface area (Å²) in [5.74, 6) is 0.185. The summed E-state index contributed by atoms with van der Waals surface area (Å²) >= 11 is 2.76. The van der Waals surface area contributed by atoms with Gasteiger partial charge in [-0.1, -0.05) is 91.0 Å². The van der Waals surface area contributed by atoms with Crippen molar-refractivity contribution < 1.29 is 24.2 Å². The van der Waals surface area contributed by atoms with E-state index in [2.05, 4.69) is 48.3 Å². The predicted molar refractivity (Wildman–Crippen MR) is 163 cm³/mol. The summed E-state index contributed by atoms with van der Waals surface area (Å²) in [6, 6.07) is 20.1. The molecule has 2 aliphatic heterocycles. The van der Waals surface area contributed by atoms with Gasteiger partial charge < -0.3 is 14.6 Å². The van der Waals surface area contributed by atoms with E-state index in [9.17, 15) is 14.7 Å². The summed E-state index contributed by atoms with van der Waals surface area (Å²) in [7, 11) is 0. The van der Waals surface area contributed by atoms with Gasteiger partial charge in [0.15, 0.2) is 15.8 Å². The molecule has 1 aromatic heterocycles. The molecule has 10 heteroatoms. The molecule has 1 N–H and O–H groups in total. The number of benzene rings is 3. The van der Waals surface area contributed by atoms with Crippen molar-refractivity contribution in [3.8, 4) is 11.5 Å². The normalized spacial score (nSPS) is 17.7. The Morgan fingerprint density at radius 2 is 1.71 bits per heavy atom. The Labute approximate surface area is 252 Å². The van der Waals surface area contributed by atoms with Crippen LogP contribution in [0.3, 0.4) is 0 Å². The highest BCUT2D eigenvalue weighted by Gasteiger charge is 2.48. The maximum atomic E-state index is 13.6. The van der Waals surface area contributed by atoms with Crippen LogP contribution in [0.5, 0.6) is 11.5 Å². The number of amides is 1. The van der Waals surface area contributed by atoms with E-state index in [0.29, 0.717) is 57.0 Å². The Hall–Kier alpha value is -4.15. The van der Waals surface area contributed by atoms with E-state index >= 15 is 0 Å². The van der Waals surface area contributed by atoms with Gasteiger partial charge in [-0.3, -0.25) is 14.5 Å². The molecule has 4 aromatic rings. The smallest absolute Gasteiger partial charge is 0.301 e. The van der Waals surface area contributed by atoms with Gasteiger partial charge in [-0.15, -0.1) is 10.2 Å². The Morgan fingerprint density at radius 1 is 1.00 bits per heavy atom. The van der Waals surface area contributed by atoms with Crippen molar-refractivity contribution >= 4 is 45.7 Å². The van der Waals surface area contributed by atoms with Gasteiger partial charge in [0, 0.05) is 11.3 Å². The minimum absolute atomic E-state index is 0.0157. The fourth-order valence-electron chi connectivity index (χ4n) is 4.94. The third kappa shape index (κ3) is 5.39. The third-order valence-electron chi connectivity index (χ3n) is 7.26. The van der Waals surface area contributed by atoms with Crippen molar-refractivity contribution in [2.75, 3.05) is 18.1 Å². The number of rotatable bonds is 7. The maximum Gasteiger partial charge on any atom is 0.301 e. The molecule has 214 valence electrons. The Bertz CT molecular complexity index is 1680. The van der Waals surface area contributed by atoms with Crippen molar-refractivity contribution in [1.82, 2.24) is 10.2 Å². The Balaban J connectivity index is 1.39. The number of nitrogens with zero attached hydrogens (tertiary/aromatic N) is 3. The zero-order valence-electron chi connectivity index (χ0n) is 23.4. The van der Waals surface area contributed by atoms with E-state index < -0.39 is 17.7 Å². The second-order valence-electron chi connectivity index (χ2n) is 10.5. The lowest BCUT2D eigenvalue weighted by Gasteiger charge is -2.23. The fourth-order valence-corrected chi connectivity index (χ4v) is 6.77. The van der Waals surface area contributed by atoms with Crippen LogP contribution in [-0.2, 0) is 15.3 Å². The number of aliphatic hydroxyl groups is 1. The molecule has 8 nitrogen and oxygen atoms in total. The molecule has 1 amide bonds. The van der Waals surface area contributed by atoms with E-state index in [-0.39, 0.29) is 11.3 Å². The summed E-state index contributed by atoms with van der Waals surface area (Å²) in [6.07, 6.45) is 0. The lowest BCUT2D eigenvalue weighted by Crippen LogP contribution is -2.29. The van der Waals surface area contributed by atoms with Gasteiger partial charge in [0.25, 0.3) is 5.78 Å². The standard InChI is InChI=1S/C32H29N3O5S2/c1-18(2)21-8-10-22(11-9-21)27-26(28(36)23-12-13-24-25(16-23)40-15-14-39-24)29(37)30(38)35(27)31-33-34-32(42-31)41-17-20-6-4-19(3)5-7-20/h4-13,16,18,27,36H,14-15,17H2,1-3H3/t27-/m0/s1. The lowest BCUT2D eigenvalue weighted by atomic mass is 9.93. The number of aryl methyl sites for hydroxylation is 1. The molecule has 0 bridgehead atoms. The molecule has 0 unspecified atom stereocenters. The number of anilines is 1. The summed E-state index contributed by atoms with van der Waals surface area (Å²) in [5, 5.41) is 20.5. The highest BCUT2D eigenvalue weighted by atomic mass is 32.2. The fraction of sp³-hybridized carbons (Fsp3) is 0.250. The summed E-state index contributed by atoms with van der Waals surface area (Å²) in [5.41, 5.74) is 4.48. The number of aromatic nitrogens is 2. The van der Waals surface area contributed by atoms with E-state index in [0.717, 1.165) is 11.1 Å². The van der Waals surface area contributed by atoms with Crippen LogP contribution < -0.4 is 14.4 Å². The topological polar surface area (TPSA) is 102 Å². The molecule has 2 aliphatic rings. The van der Waals surface area contributed by atoms with Gasteiger partial charge >= 0.3 is 5.91 Å². The van der Waals surface area contributed by atoms with Crippen LogP contribution in [0, 0.1) is 6.92 Å². The second-order valence-corrected chi connectivity index (χ2v) is 12.7. The van der Waals surface area contributed by atoms with E-state index in [1.807, 2.05) is 31.2 Å². The van der Waals surface area contributed by atoms with Crippen molar-refractivity contribution in [3.05, 3.63) is 100 Å². The monoisotopic (exact) mass is 599 g/mol. The molecule has 1 atom stereocenters. The molecule has 6 rings (SSSR count). The first-order valence-electron chi connectivity index (χ1n) is 13.6. The predicted octanol–water partition coefficient (Wildman–Crippen LogP) is 6.66. The lowest BCUT2D eigenvalue weighted by molar-refractivity contribution is -0.132. The van der Waals surface area contributed by atoms with Crippen LogP contribution in [0.1, 0.15) is 53.6 Å². The number of hydrogen-bond acceptors (Lipinski definition) is 9. The van der Waals surface area contributed by atoms with Crippen LogP contribution >= 0.6 is 23.1 Å². The number of carbonyl (C=O) groups is 2. The van der Waals surface area contributed by atoms with Crippen molar-refractivity contribution in [2.45, 2.75) is 42.8 Å². The van der Waals surface area contributed by atoms with Crippen LogP contribution in [0.25, 0.3) is 5.76 Å². The third-order valence-corrected chi connectivity index (χ3v) is 9.39. The van der Waals surface area contributed by atoms with Gasteiger partial charge in [0.1, 0.15) is 19.0 Å². The van der Waals surface area contributed by atoms with Crippen LogP contribution in [0.2, 0.25) is 0 Å². The molecule has 0 aliphatic carbocycles. The van der Waals surface area contributed by atoms with Crippen LogP contribution in [-0.4, -0.2) is 40.2 Å². The zero-order chi connectivity index (χ0) is 29.4. The van der Waals surface area contributed by atoms with Gasteiger partial charge in [-0.25, -0.2) is 0 Å². The van der Waals surface area contributed by atoms with Crippen molar-refractivity contribution in [2.24, 2.45) is 0 Å². The Kier molecular flexibility index (Phi) is 7.74. The van der Waals surface area contributed by atoms with Gasteiger partial charge in [-0.2, -0.15) is 0 Å². The van der Waals surface area contributed by atoms with E-state index in [1.165, 1.54) is 33.6 Å². The van der Waals surface area contributed by atoms with Gasteiger partial charge in [-0.05, 0) is 47.7 Å².